The fraction of sp³-hybridized carbons (Fsp3) is 0.587. The Balaban J connectivity index is 0.000000507. The highest BCUT2D eigenvalue weighted by molar-refractivity contribution is 6.02. The van der Waals surface area contributed by atoms with Crippen molar-refractivity contribution in [3.05, 3.63) is 59.7 Å². The summed E-state index contributed by atoms with van der Waals surface area (Å²) >= 11 is 0. The summed E-state index contributed by atoms with van der Waals surface area (Å²) in [6.45, 7) is 22.5. The highest BCUT2D eigenvalue weighted by Gasteiger charge is 2.29. The van der Waals surface area contributed by atoms with E-state index in [4.69, 9.17) is 29.4 Å². The first-order valence-corrected chi connectivity index (χ1v) is 21.4. The normalized spacial score (nSPS) is 12.1. The van der Waals surface area contributed by atoms with Gasteiger partial charge < -0.3 is 29.4 Å². The van der Waals surface area contributed by atoms with Crippen molar-refractivity contribution in [1.82, 2.24) is 21.3 Å². The number of aliphatic imine (C=N–C) groups is 2. The summed E-state index contributed by atoms with van der Waals surface area (Å²) in [5.41, 5.74) is 7.46. The van der Waals surface area contributed by atoms with Crippen LogP contribution < -0.4 is 27.0 Å². The second-order valence-electron chi connectivity index (χ2n) is 18.7. The van der Waals surface area contributed by atoms with E-state index in [-0.39, 0.29) is 23.8 Å². The second kappa shape index (κ2) is 24.8. The van der Waals surface area contributed by atoms with Gasteiger partial charge in [0.1, 0.15) is 29.0 Å². The molecule has 0 fully saturated rings. The van der Waals surface area contributed by atoms with E-state index in [1.165, 1.54) is 22.3 Å². The van der Waals surface area contributed by atoms with Crippen LogP contribution >= 0.6 is 0 Å². The minimum Gasteiger partial charge on any atom is -0.465 e. The Hall–Kier alpha value is -5.71. The first-order chi connectivity index (χ1) is 29.2. The Morgan fingerprint density at radius 1 is 0.524 bits per heavy atom. The third-order valence-electron chi connectivity index (χ3n) is 8.04. The molecule has 0 aliphatic heterocycles. The topological polar surface area (TPSA) is 230 Å². The number of nitrogens with two attached hydrogens (primary N) is 1. The number of amides is 4. The number of carbonyl (C=O) groups excluding carboxylic acids is 5. The molecular formula is C46H71N7O10. The number of ether oxygens (including phenoxy) is 5. The number of carbonyl (C=O) groups is 5. The lowest BCUT2D eigenvalue weighted by Crippen LogP contribution is -2.47. The van der Waals surface area contributed by atoms with Crippen LogP contribution in [0.15, 0.2) is 58.5 Å². The monoisotopic (exact) mass is 882 g/mol. The predicted molar refractivity (Wildman–Crippen MR) is 244 cm³/mol. The van der Waals surface area contributed by atoms with Crippen molar-refractivity contribution >= 4 is 42.3 Å². The number of nitrogens with zero attached hydrogens (tertiary/aromatic N) is 2. The fourth-order valence-electron chi connectivity index (χ4n) is 5.71. The van der Waals surface area contributed by atoms with Crippen LogP contribution in [-0.2, 0) is 28.5 Å². The van der Waals surface area contributed by atoms with E-state index in [2.05, 4.69) is 55.5 Å². The molecule has 17 heteroatoms. The number of guanidine groups is 2. The molecule has 0 saturated heterocycles. The molecule has 2 aromatic rings. The van der Waals surface area contributed by atoms with Crippen molar-refractivity contribution in [2.45, 2.75) is 150 Å². The van der Waals surface area contributed by atoms with Crippen LogP contribution in [0.5, 0.6) is 0 Å². The molecule has 2 aromatic carbocycles. The average Bonchev–Trinajstić information content (AvgIpc) is 3.44. The highest BCUT2D eigenvalue weighted by Crippen LogP contribution is 2.44. The molecule has 1 aliphatic carbocycles. The van der Waals surface area contributed by atoms with E-state index in [1.807, 2.05) is 24.3 Å². The summed E-state index contributed by atoms with van der Waals surface area (Å²) in [6.07, 6.45) is 0.972. The van der Waals surface area contributed by atoms with E-state index in [1.54, 1.807) is 83.1 Å². The summed E-state index contributed by atoms with van der Waals surface area (Å²) in [6, 6.07) is 16.5. The van der Waals surface area contributed by atoms with Crippen LogP contribution in [0.3, 0.4) is 0 Å². The Kier molecular flexibility index (Phi) is 21.0. The quantitative estimate of drug-likeness (QED) is 0.0446. The van der Waals surface area contributed by atoms with Crippen molar-refractivity contribution in [2.24, 2.45) is 15.7 Å². The minimum atomic E-state index is -0.738. The number of nitrogens with one attached hydrogen (secondary N) is 4. The maximum absolute atomic E-state index is 12.5. The number of alkyl carbamates (subject to hydrolysis) is 4. The summed E-state index contributed by atoms with van der Waals surface area (Å²) in [5, 5.41) is 9.75. The maximum atomic E-state index is 12.5. The number of hydrogen-bond acceptors (Lipinski definition) is 13. The molecule has 0 aromatic heterocycles. The lowest BCUT2D eigenvalue weighted by molar-refractivity contribution is -0.144. The van der Waals surface area contributed by atoms with Crippen molar-refractivity contribution in [3.8, 4) is 11.1 Å². The maximum Gasteiger partial charge on any atom is 0.414 e. The fourth-order valence-corrected chi connectivity index (χ4v) is 5.71. The average molecular weight is 882 g/mol. The summed E-state index contributed by atoms with van der Waals surface area (Å²) in [5.74, 6) is -0.256. The molecule has 0 heterocycles. The van der Waals surface area contributed by atoms with Gasteiger partial charge in [0.2, 0.25) is 11.9 Å². The number of esters is 1. The molecule has 4 amide bonds. The first-order valence-electron chi connectivity index (χ1n) is 21.4. The SMILES string of the molecule is CC(C)(C)OC(=O)NC(=NCCCCCC(=O)OCC1c2ccccc2-c2ccccc21)NC(=O)OC(C)(C)C.CC(C)(C)OC(=O)NC(=NCCCCN)NC(=O)OC(C)(C)C. The molecule has 1 aliphatic rings. The molecule has 0 unspecified atom stereocenters. The summed E-state index contributed by atoms with van der Waals surface area (Å²) in [4.78, 5) is 68.8. The summed E-state index contributed by atoms with van der Waals surface area (Å²) in [7, 11) is 0. The van der Waals surface area contributed by atoms with Crippen LogP contribution in [0.1, 0.15) is 139 Å². The third-order valence-corrected chi connectivity index (χ3v) is 8.04. The smallest absolute Gasteiger partial charge is 0.414 e. The van der Waals surface area contributed by atoms with E-state index in [0.717, 1.165) is 19.3 Å². The zero-order valence-corrected chi connectivity index (χ0v) is 39.3. The molecule has 17 nitrogen and oxygen atoms in total. The Morgan fingerprint density at radius 3 is 1.22 bits per heavy atom. The number of fused-ring (bicyclic) bond motifs is 3. The minimum absolute atomic E-state index is 0.00878. The van der Waals surface area contributed by atoms with Crippen molar-refractivity contribution in [3.63, 3.8) is 0 Å². The van der Waals surface area contributed by atoms with Crippen LogP contribution in [0.4, 0.5) is 19.2 Å². The van der Waals surface area contributed by atoms with Gasteiger partial charge in [0.15, 0.2) is 0 Å². The standard InChI is InChI=1S/C31H41N3O6.C15H30N4O4/c1-30(2,3)39-28(36)33-27(34-29(37)40-31(4,5)6)32-19-13-7-8-18-26(35)38-20-25-23-16-11-9-14-21(23)22-15-10-12-17-24(22)25;1-14(2,3)22-12(20)18-11(17-10-8-7-9-16)19-13(21)23-15(4,5)6/h9-12,14-17,25H,7-8,13,18-20H2,1-6H3,(H2,32,33,34,36,37);7-10,16H2,1-6H3,(H2,17,18,19,20,21). The lowest BCUT2D eigenvalue weighted by atomic mass is 9.98. The van der Waals surface area contributed by atoms with Gasteiger partial charge in [-0.15, -0.1) is 0 Å². The number of unbranched alkanes of at least 4 members (excludes halogenated alkanes) is 3. The van der Waals surface area contributed by atoms with E-state index < -0.39 is 46.8 Å². The molecule has 0 bridgehead atoms. The van der Waals surface area contributed by atoms with Crippen molar-refractivity contribution in [1.29, 1.82) is 0 Å². The molecule has 350 valence electrons. The van der Waals surface area contributed by atoms with Gasteiger partial charge in [-0.1, -0.05) is 55.0 Å². The van der Waals surface area contributed by atoms with Gasteiger partial charge in [0.05, 0.1) is 0 Å². The lowest BCUT2D eigenvalue weighted by Gasteiger charge is -2.22. The van der Waals surface area contributed by atoms with E-state index >= 15 is 0 Å². The number of rotatable bonds is 12. The van der Waals surface area contributed by atoms with Crippen LogP contribution in [0.25, 0.3) is 11.1 Å². The predicted octanol–water partition coefficient (Wildman–Crippen LogP) is 8.44. The van der Waals surface area contributed by atoms with Crippen LogP contribution in [0, 0.1) is 0 Å². The van der Waals surface area contributed by atoms with Gasteiger partial charge in [-0.25, -0.2) is 19.2 Å². The van der Waals surface area contributed by atoms with Crippen LogP contribution in [0.2, 0.25) is 0 Å². The molecule has 0 radical (unpaired) electrons. The highest BCUT2D eigenvalue weighted by atomic mass is 16.6. The second-order valence-corrected chi connectivity index (χ2v) is 18.7. The Morgan fingerprint density at radius 2 is 0.873 bits per heavy atom. The molecular weight excluding hydrogens is 811 g/mol. The van der Waals surface area contributed by atoms with Gasteiger partial charge in [0.25, 0.3) is 0 Å². The van der Waals surface area contributed by atoms with Crippen molar-refractivity contribution in [2.75, 3.05) is 26.2 Å². The van der Waals surface area contributed by atoms with Gasteiger partial charge in [0, 0.05) is 25.4 Å². The zero-order chi connectivity index (χ0) is 47.4. The molecule has 63 heavy (non-hydrogen) atoms. The number of benzene rings is 2. The Bertz CT molecular complexity index is 1780. The third kappa shape index (κ3) is 23.4. The van der Waals surface area contributed by atoms with Gasteiger partial charge in [-0.05, 0) is 138 Å². The molecule has 0 saturated carbocycles. The molecule has 3 rings (SSSR count). The van der Waals surface area contributed by atoms with Crippen LogP contribution in [-0.4, -0.2) is 90.9 Å². The summed E-state index contributed by atoms with van der Waals surface area (Å²) < 4.78 is 26.4. The van der Waals surface area contributed by atoms with E-state index in [9.17, 15) is 24.0 Å². The van der Waals surface area contributed by atoms with Gasteiger partial charge >= 0.3 is 30.3 Å². The first kappa shape index (κ1) is 53.4. The Labute approximate surface area is 373 Å². The zero-order valence-electron chi connectivity index (χ0n) is 39.3. The molecule has 0 spiro atoms. The molecule has 0 atom stereocenters. The number of hydrogen-bond donors (Lipinski definition) is 5. The molecule has 6 N–H and O–H groups in total. The van der Waals surface area contributed by atoms with Gasteiger partial charge in [-0.2, -0.15) is 0 Å². The largest absolute Gasteiger partial charge is 0.465 e. The van der Waals surface area contributed by atoms with Crippen molar-refractivity contribution < 1.29 is 47.7 Å². The van der Waals surface area contributed by atoms with E-state index in [0.29, 0.717) is 45.5 Å². The van der Waals surface area contributed by atoms with Gasteiger partial charge in [-0.3, -0.25) is 36.0 Å².